The van der Waals surface area contributed by atoms with Crippen molar-refractivity contribution in [3.63, 3.8) is 0 Å². The third kappa shape index (κ3) is 5.40. The summed E-state index contributed by atoms with van der Waals surface area (Å²) in [4.78, 5) is 0.978. The lowest BCUT2D eigenvalue weighted by Crippen LogP contribution is -2.26. The lowest BCUT2D eigenvalue weighted by atomic mass is 10.2. The zero-order valence-electron chi connectivity index (χ0n) is 13.8. The van der Waals surface area contributed by atoms with E-state index in [1.54, 1.807) is 18.3 Å². The summed E-state index contributed by atoms with van der Waals surface area (Å²) < 4.78 is 3.13. The minimum atomic E-state index is 0.216. The number of nitrogens with one attached hydrogen (secondary N) is 1. The number of phenols is 1. The summed E-state index contributed by atoms with van der Waals surface area (Å²) in [7, 11) is 0. The maximum atomic E-state index is 9.78. The molecule has 6 N–H and O–H groups in total. The van der Waals surface area contributed by atoms with E-state index in [1.165, 1.54) is 17.0 Å². The van der Waals surface area contributed by atoms with Gasteiger partial charge in [-0.1, -0.05) is 31.5 Å². The Bertz CT molecular complexity index is 690. The molecule has 0 aromatic heterocycles. The fourth-order valence-electron chi connectivity index (χ4n) is 2.08. The molecule has 0 unspecified atom stereocenters. The Kier molecular flexibility index (Phi) is 6.84. The first kappa shape index (κ1) is 18.0. The Labute approximate surface area is 147 Å². The Morgan fingerprint density at radius 2 is 2.04 bits per heavy atom. The predicted octanol–water partition coefficient (Wildman–Crippen LogP) is 4.18. The van der Waals surface area contributed by atoms with Gasteiger partial charge in [0.05, 0.1) is 11.4 Å². The third-order valence-corrected chi connectivity index (χ3v) is 4.23. The molecule has 0 aliphatic carbocycles. The lowest BCUT2D eigenvalue weighted by Gasteiger charge is -2.16. The predicted molar refractivity (Wildman–Crippen MR) is 102 cm³/mol. The molecule has 0 radical (unpaired) electrons. The van der Waals surface area contributed by atoms with Gasteiger partial charge in [-0.05, 0) is 55.1 Å². The molecule has 5 nitrogen and oxygen atoms in total. The van der Waals surface area contributed by atoms with Crippen molar-refractivity contribution in [1.29, 1.82) is 0 Å². The number of hydrazine groups is 1. The number of aromatic hydroxyl groups is 1. The molecule has 0 saturated heterocycles. The maximum absolute atomic E-state index is 9.78. The van der Waals surface area contributed by atoms with Crippen LogP contribution in [0.2, 0.25) is 0 Å². The van der Waals surface area contributed by atoms with Crippen molar-refractivity contribution in [1.82, 2.24) is 0 Å². The Hall–Kier alpha value is -2.31. The molecule has 0 saturated carbocycles. The fraction of sp³-hybridized carbons (Fsp3) is 0.222. The van der Waals surface area contributed by atoms with Gasteiger partial charge in [0.1, 0.15) is 5.75 Å². The highest BCUT2D eigenvalue weighted by atomic mass is 32.2. The number of allylic oxidation sites excluding steroid dienone is 1. The van der Waals surface area contributed by atoms with Crippen molar-refractivity contribution in [2.24, 2.45) is 11.6 Å². The van der Waals surface area contributed by atoms with Gasteiger partial charge in [-0.15, -0.1) is 0 Å². The van der Waals surface area contributed by atoms with Crippen molar-refractivity contribution < 1.29 is 5.11 Å². The number of rotatable bonds is 8. The van der Waals surface area contributed by atoms with Crippen LogP contribution < -0.4 is 21.3 Å². The molecule has 0 bridgehead atoms. The van der Waals surface area contributed by atoms with Crippen LogP contribution in [0.1, 0.15) is 26.2 Å². The fourth-order valence-corrected chi connectivity index (χ4v) is 2.81. The van der Waals surface area contributed by atoms with Crippen LogP contribution >= 0.6 is 11.9 Å². The molecule has 2 aromatic carbocycles. The van der Waals surface area contributed by atoms with Gasteiger partial charge < -0.3 is 15.6 Å². The molecule has 0 heterocycles. The van der Waals surface area contributed by atoms with Crippen molar-refractivity contribution in [2.45, 2.75) is 31.1 Å². The Morgan fingerprint density at radius 3 is 2.79 bits per heavy atom. The molecule has 2 rings (SSSR count). The van der Waals surface area contributed by atoms with Gasteiger partial charge in [-0.3, -0.25) is 5.01 Å². The van der Waals surface area contributed by atoms with Crippen LogP contribution in [0.3, 0.4) is 0 Å². The van der Waals surface area contributed by atoms with Crippen LogP contribution in [0.4, 0.5) is 11.4 Å². The van der Waals surface area contributed by atoms with Crippen LogP contribution in [-0.2, 0) is 0 Å². The zero-order valence-corrected chi connectivity index (χ0v) is 14.6. The number of para-hydroxylation sites is 2. The minimum absolute atomic E-state index is 0.216. The van der Waals surface area contributed by atoms with Crippen LogP contribution in [0.25, 0.3) is 0 Å². The van der Waals surface area contributed by atoms with Gasteiger partial charge in [-0.25, -0.2) is 5.84 Å². The van der Waals surface area contributed by atoms with E-state index >= 15 is 0 Å². The normalized spacial score (nSPS) is 11.3. The number of benzene rings is 2. The summed E-state index contributed by atoms with van der Waals surface area (Å²) in [6.07, 6.45) is 4.75. The van der Waals surface area contributed by atoms with Gasteiger partial charge in [-0.2, -0.15) is 0 Å². The highest BCUT2D eigenvalue weighted by Crippen LogP contribution is 2.29. The molecule has 0 fully saturated rings. The molecule has 128 valence electrons. The molecular weight excluding hydrogens is 320 g/mol. The molecule has 0 atom stereocenters. The summed E-state index contributed by atoms with van der Waals surface area (Å²) in [5.74, 6) is 6.29. The van der Waals surface area contributed by atoms with E-state index in [0.29, 0.717) is 5.69 Å². The Balaban J connectivity index is 2.02. The second-order valence-electron chi connectivity index (χ2n) is 5.43. The van der Waals surface area contributed by atoms with E-state index in [4.69, 9.17) is 11.6 Å². The van der Waals surface area contributed by atoms with Crippen LogP contribution in [0, 0.1) is 0 Å². The highest BCUT2D eigenvalue weighted by Gasteiger charge is 2.04. The van der Waals surface area contributed by atoms with Crippen molar-refractivity contribution in [3.05, 3.63) is 60.4 Å². The van der Waals surface area contributed by atoms with E-state index < -0.39 is 0 Å². The quantitative estimate of drug-likeness (QED) is 0.249. The number of hydrogen-bond donors (Lipinski definition) is 4. The van der Waals surface area contributed by atoms with E-state index in [-0.39, 0.29) is 5.75 Å². The number of nitrogens with two attached hydrogens (primary N) is 2. The van der Waals surface area contributed by atoms with Crippen LogP contribution in [0.5, 0.6) is 5.75 Å². The number of phenolic OH excluding ortho intramolecular Hbond substituents is 1. The lowest BCUT2D eigenvalue weighted by molar-refractivity contribution is 0.478. The number of hydrogen-bond acceptors (Lipinski definition) is 6. The molecular formula is C18H24N4OS. The number of anilines is 2. The number of unbranched alkanes of at least 4 members (excludes halogenated alkanes) is 1. The van der Waals surface area contributed by atoms with E-state index in [0.717, 1.165) is 35.5 Å². The van der Waals surface area contributed by atoms with Crippen molar-refractivity contribution in [3.8, 4) is 5.75 Å². The van der Waals surface area contributed by atoms with E-state index in [1.807, 2.05) is 36.4 Å². The monoisotopic (exact) mass is 344 g/mol. The van der Waals surface area contributed by atoms with Gasteiger partial charge in [0.25, 0.3) is 0 Å². The topological polar surface area (TPSA) is 87.5 Å². The molecule has 2 aromatic rings. The first-order valence-corrected chi connectivity index (χ1v) is 8.73. The minimum Gasteiger partial charge on any atom is -0.506 e. The van der Waals surface area contributed by atoms with Gasteiger partial charge in [0, 0.05) is 16.8 Å². The second kappa shape index (κ2) is 9.10. The molecule has 0 spiro atoms. The molecule has 0 aliphatic heterocycles. The maximum Gasteiger partial charge on any atom is 0.139 e. The van der Waals surface area contributed by atoms with E-state index in [2.05, 4.69) is 11.6 Å². The molecule has 0 amide bonds. The second-order valence-corrected chi connectivity index (χ2v) is 6.31. The number of nitrogens with zero attached hydrogens (tertiary/aromatic N) is 1. The summed E-state index contributed by atoms with van der Waals surface area (Å²) in [5, 5.41) is 11.3. The van der Waals surface area contributed by atoms with Gasteiger partial charge in [0.15, 0.2) is 0 Å². The van der Waals surface area contributed by atoms with Crippen molar-refractivity contribution in [2.75, 3.05) is 9.73 Å². The van der Waals surface area contributed by atoms with Crippen LogP contribution in [-0.4, -0.2) is 5.11 Å². The summed E-state index contributed by atoms with van der Waals surface area (Å²) >= 11 is 1.41. The van der Waals surface area contributed by atoms with E-state index in [9.17, 15) is 5.11 Å². The first-order chi connectivity index (χ1) is 11.6. The first-order valence-electron chi connectivity index (χ1n) is 7.91. The third-order valence-electron chi connectivity index (χ3n) is 3.42. The molecule has 24 heavy (non-hydrogen) atoms. The average Bonchev–Trinajstić information content (AvgIpc) is 2.59. The summed E-state index contributed by atoms with van der Waals surface area (Å²) in [6.45, 7) is 2.13. The van der Waals surface area contributed by atoms with Gasteiger partial charge >= 0.3 is 0 Å². The molecule has 0 aliphatic rings. The summed E-state index contributed by atoms with van der Waals surface area (Å²) in [6, 6.07) is 14.9. The Morgan fingerprint density at radius 1 is 1.25 bits per heavy atom. The highest BCUT2D eigenvalue weighted by molar-refractivity contribution is 8.00. The average molecular weight is 344 g/mol. The SMILES string of the molecule is CCCC/C(N)=C/N(N)c1cccc(SNc2ccccc2O)c1. The van der Waals surface area contributed by atoms with Crippen LogP contribution in [0.15, 0.2) is 65.3 Å². The largest absolute Gasteiger partial charge is 0.506 e. The molecule has 6 heteroatoms. The van der Waals surface area contributed by atoms with Gasteiger partial charge in [0.2, 0.25) is 0 Å². The smallest absolute Gasteiger partial charge is 0.139 e. The zero-order chi connectivity index (χ0) is 17.4. The standard InChI is InChI=1S/C18H24N4OS/c1-2-3-7-14(19)13-22(20)15-8-6-9-16(12-15)24-21-17-10-4-5-11-18(17)23/h4-6,8-13,21,23H,2-3,7,19-20H2,1H3/b14-13-. The summed E-state index contributed by atoms with van der Waals surface area (Å²) in [5.41, 5.74) is 8.26. The van der Waals surface area contributed by atoms with Crippen molar-refractivity contribution >= 4 is 23.3 Å².